The van der Waals surface area contributed by atoms with E-state index in [1.54, 1.807) is 14.0 Å². The van der Waals surface area contributed by atoms with E-state index in [2.05, 4.69) is 15.9 Å². The molecule has 14 heavy (non-hydrogen) atoms. The van der Waals surface area contributed by atoms with Crippen molar-refractivity contribution in [3.05, 3.63) is 28.2 Å². The van der Waals surface area contributed by atoms with Gasteiger partial charge in [0.2, 0.25) is 0 Å². The number of hydrogen-bond acceptors (Lipinski definition) is 3. The first-order chi connectivity index (χ1) is 6.56. The maximum atomic E-state index is 9.37. The average molecular weight is 260 g/mol. The number of methoxy groups -OCH3 is 1. The van der Waals surface area contributed by atoms with E-state index >= 15 is 0 Å². The van der Waals surface area contributed by atoms with Crippen LogP contribution in [0.4, 0.5) is 0 Å². The SMILES string of the molecule is COc1cc(Br)ccc1[C@@H](N)[C@H](C)O. The molecular formula is C10H14BrNO2. The van der Waals surface area contributed by atoms with E-state index in [1.807, 2.05) is 18.2 Å². The molecule has 3 nitrogen and oxygen atoms in total. The summed E-state index contributed by atoms with van der Waals surface area (Å²) in [5.41, 5.74) is 6.63. The van der Waals surface area contributed by atoms with Crippen molar-refractivity contribution >= 4 is 15.9 Å². The highest BCUT2D eigenvalue weighted by Crippen LogP contribution is 2.28. The monoisotopic (exact) mass is 259 g/mol. The Morgan fingerprint density at radius 1 is 1.50 bits per heavy atom. The Balaban J connectivity index is 3.07. The van der Waals surface area contributed by atoms with Crippen molar-refractivity contribution in [2.24, 2.45) is 5.73 Å². The summed E-state index contributed by atoms with van der Waals surface area (Å²) in [4.78, 5) is 0. The van der Waals surface area contributed by atoms with Gasteiger partial charge < -0.3 is 15.6 Å². The molecule has 0 amide bonds. The Morgan fingerprint density at radius 3 is 2.64 bits per heavy atom. The van der Waals surface area contributed by atoms with Crippen molar-refractivity contribution < 1.29 is 9.84 Å². The topological polar surface area (TPSA) is 55.5 Å². The van der Waals surface area contributed by atoms with E-state index in [0.717, 1.165) is 10.0 Å². The minimum atomic E-state index is -0.593. The van der Waals surface area contributed by atoms with Gasteiger partial charge in [-0.3, -0.25) is 0 Å². The van der Waals surface area contributed by atoms with Crippen LogP contribution >= 0.6 is 15.9 Å². The van der Waals surface area contributed by atoms with E-state index in [-0.39, 0.29) is 0 Å². The first kappa shape index (κ1) is 11.5. The van der Waals surface area contributed by atoms with Crippen LogP contribution in [0.2, 0.25) is 0 Å². The molecule has 0 aromatic heterocycles. The van der Waals surface area contributed by atoms with Crippen molar-refractivity contribution in [3.63, 3.8) is 0 Å². The first-order valence-electron chi connectivity index (χ1n) is 4.33. The third kappa shape index (κ3) is 2.47. The van der Waals surface area contributed by atoms with Crippen molar-refractivity contribution in [2.45, 2.75) is 19.1 Å². The van der Waals surface area contributed by atoms with Crippen LogP contribution in [0.5, 0.6) is 5.75 Å². The van der Waals surface area contributed by atoms with Crippen LogP contribution in [0, 0.1) is 0 Å². The summed E-state index contributed by atoms with van der Waals surface area (Å²) in [6.07, 6.45) is -0.593. The fourth-order valence-corrected chi connectivity index (χ4v) is 1.56. The van der Waals surface area contributed by atoms with Gasteiger partial charge in [-0.05, 0) is 19.1 Å². The van der Waals surface area contributed by atoms with E-state index in [1.165, 1.54) is 0 Å². The second kappa shape index (κ2) is 4.77. The predicted molar refractivity (Wildman–Crippen MR) is 59.3 cm³/mol. The molecule has 0 fully saturated rings. The Morgan fingerprint density at radius 2 is 2.14 bits per heavy atom. The minimum Gasteiger partial charge on any atom is -0.496 e. The molecule has 0 saturated heterocycles. The van der Waals surface area contributed by atoms with Gasteiger partial charge in [-0.2, -0.15) is 0 Å². The number of nitrogens with two attached hydrogens (primary N) is 1. The molecule has 2 atom stereocenters. The highest BCUT2D eigenvalue weighted by Gasteiger charge is 2.16. The van der Waals surface area contributed by atoms with Crippen LogP contribution in [-0.2, 0) is 0 Å². The Labute approximate surface area is 92.0 Å². The molecule has 0 aliphatic rings. The standard InChI is InChI=1S/C10H14BrNO2/c1-6(13)10(12)8-4-3-7(11)5-9(8)14-2/h3-6,10,13H,12H2,1-2H3/t6-,10-/m0/s1. The summed E-state index contributed by atoms with van der Waals surface area (Å²) in [6, 6.07) is 5.14. The lowest BCUT2D eigenvalue weighted by Crippen LogP contribution is -2.23. The first-order valence-corrected chi connectivity index (χ1v) is 5.12. The molecule has 1 aromatic carbocycles. The molecule has 1 aromatic rings. The quantitative estimate of drug-likeness (QED) is 0.871. The van der Waals surface area contributed by atoms with Crippen molar-refractivity contribution in [1.82, 2.24) is 0 Å². The van der Waals surface area contributed by atoms with Gasteiger partial charge in [0.25, 0.3) is 0 Å². The molecule has 0 bridgehead atoms. The largest absolute Gasteiger partial charge is 0.496 e. The lowest BCUT2D eigenvalue weighted by atomic mass is 10.0. The highest BCUT2D eigenvalue weighted by atomic mass is 79.9. The fourth-order valence-electron chi connectivity index (χ4n) is 1.22. The van der Waals surface area contributed by atoms with Crippen LogP contribution in [0.25, 0.3) is 0 Å². The number of aliphatic hydroxyl groups is 1. The number of halogens is 1. The number of aliphatic hydroxyl groups excluding tert-OH is 1. The van der Waals surface area contributed by atoms with Gasteiger partial charge in [0.15, 0.2) is 0 Å². The summed E-state index contributed by atoms with van der Waals surface area (Å²) in [5.74, 6) is 0.688. The number of benzene rings is 1. The van der Waals surface area contributed by atoms with Gasteiger partial charge >= 0.3 is 0 Å². The molecule has 78 valence electrons. The Hall–Kier alpha value is -0.580. The molecule has 0 spiro atoms. The van der Waals surface area contributed by atoms with Crippen molar-refractivity contribution in [3.8, 4) is 5.75 Å². The molecule has 0 aliphatic heterocycles. The summed E-state index contributed by atoms with van der Waals surface area (Å²) < 4.78 is 6.10. The molecule has 0 saturated carbocycles. The Bertz CT molecular complexity index is 315. The van der Waals surface area contributed by atoms with Crippen LogP contribution in [0.3, 0.4) is 0 Å². The van der Waals surface area contributed by atoms with Gasteiger partial charge in [0, 0.05) is 10.0 Å². The number of ether oxygens (including phenoxy) is 1. The summed E-state index contributed by atoms with van der Waals surface area (Å²) >= 11 is 3.34. The van der Waals surface area contributed by atoms with Crippen LogP contribution < -0.4 is 10.5 Å². The maximum absolute atomic E-state index is 9.37. The normalized spacial score (nSPS) is 14.9. The van der Waals surface area contributed by atoms with Gasteiger partial charge in [0.05, 0.1) is 19.3 Å². The molecule has 1 rings (SSSR count). The summed E-state index contributed by atoms with van der Waals surface area (Å²) in [5, 5.41) is 9.37. The molecule has 0 unspecified atom stereocenters. The predicted octanol–water partition coefficient (Wildman–Crippen LogP) is 1.84. The zero-order valence-corrected chi connectivity index (χ0v) is 9.78. The van der Waals surface area contributed by atoms with Gasteiger partial charge in [0.1, 0.15) is 5.75 Å². The zero-order chi connectivity index (χ0) is 10.7. The van der Waals surface area contributed by atoms with Crippen LogP contribution in [0.15, 0.2) is 22.7 Å². The molecule has 0 aliphatic carbocycles. The van der Waals surface area contributed by atoms with Gasteiger partial charge in [-0.25, -0.2) is 0 Å². The number of hydrogen-bond donors (Lipinski definition) is 2. The van der Waals surface area contributed by atoms with Crippen LogP contribution in [-0.4, -0.2) is 18.3 Å². The molecule has 3 N–H and O–H groups in total. The molecule has 4 heteroatoms. The average Bonchev–Trinajstić information content (AvgIpc) is 2.16. The second-order valence-electron chi connectivity index (χ2n) is 3.15. The van der Waals surface area contributed by atoms with Gasteiger partial charge in [-0.15, -0.1) is 0 Å². The zero-order valence-electron chi connectivity index (χ0n) is 8.20. The van der Waals surface area contributed by atoms with Crippen molar-refractivity contribution in [1.29, 1.82) is 0 Å². The van der Waals surface area contributed by atoms with Crippen LogP contribution in [0.1, 0.15) is 18.5 Å². The van der Waals surface area contributed by atoms with Crippen molar-refractivity contribution in [2.75, 3.05) is 7.11 Å². The maximum Gasteiger partial charge on any atom is 0.124 e. The number of rotatable bonds is 3. The third-order valence-corrected chi connectivity index (χ3v) is 2.57. The lowest BCUT2D eigenvalue weighted by molar-refractivity contribution is 0.162. The van der Waals surface area contributed by atoms with E-state index in [9.17, 15) is 5.11 Å². The third-order valence-electron chi connectivity index (χ3n) is 2.07. The molecular weight excluding hydrogens is 246 g/mol. The summed E-state index contributed by atoms with van der Waals surface area (Å²) in [7, 11) is 1.58. The van der Waals surface area contributed by atoms with Gasteiger partial charge in [-0.1, -0.05) is 22.0 Å². The van der Waals surface area contributed by atoms with E-state index in [4.69, 9.17) is 10.5 Å². The minimum absolute atomic E-state index is 0.418. The molecule has 0 radical (unpaired) electrons. The fraction of sp³-hybridized carbons (Fsp3) is 0.400. The van der Waals surface area contributed by atoms with E-state index in [0.29, 0.717) is 5.75 Å². The lowest BCUT2D eigenvalue weighted by Gasteiger charge is -2.18. The Kier molecular flexibility index (Phi) is 3.92. The summed E-state index contributed by atoms with van der Waals surface area (Å²) in [6.45, 7) is 1.66. The smallest absolute Gasteiger partial charge is 0.124 e. The van der Waals surface area contributed by atoms with E-state index < -0.39 is 12.1 Å². The highest BCUT2D eigenvalue weighted by molar-refractivity contribution is 9.10. The molecule has 0 heterocycles. The second-order valence-corrected chi connectivity index (χ2v) is 4.07.